The number of aliphatic carboxylic acids is 1. The van der Waals surface area contributed by atoms with Crippen LogP contribution in [-0.2, 0) is 9.59 Å². The second kappa shape index (κ2) is 6.54. The minimum atomic E-state index is -0.796. The zero-order valence-electron chi connectivity index (χ0n) is 12.2. The number of carboxylic acid groups (broad SMARTS) is 1. The third-order valence-electron chi connectivity index (χ3n) is 4.46. The van der Waals surface area contributed by atoms with E-state index in [9.17, 15) is 9.59 Å². The Morgan fingerprint density at radius 1 is 1.15 bits per heavy atom. The minimum absolute atomic E-state index is 0.0726. The number of carbonyl (C=O) groups is 2. The van der Waals surface area contributed by atoms with E-state index in [0.29, 0.717) is 13.1 Å². The Kier molecular flexibility index (Phi) is 4.99. The molecular weight excluding hydrogens is 258 g/mol. The van der Waals surface area contributed by atoms with Gasteiger partial charge in [-0.3, -0.25) is 14.5 Å². The van der Waals surface area contributed by atoms with E-state index in [4.69, 9.17) is 5.11 Å². The summed E-state index contributed by atoms with van der Waals surface area (Å²) in [5, 5.41) is 12.1. The highest BCUT2D eigenvalue weighted by Crippen LogP contribution is 2.30. The first-order chi connectivity index (χ1) is 9.51. The predicted octanol–water partition coefficient (Wildman–Crippen LogP) is -0.00500. The molecule has 0 bridgehead atoms. The number of nitrogens with zero attached hydrogens (tertiary/aromatic N) is 2. The van der Waals surface area contributed by atoms with Crippen LogP contribution in [0.15, 0.2) is 0 Å². The van der Waals surface area contributed by atoms with Crippen molar-refractivity contribution in [3.05, 3.63) is 0 Å². The van der Waals surface area contributed by atoms with Gasteiger partial charge < -0.3 is 15.3 Å². The molecule has 0 aromatic rings. The van der Waals surface area contributed by atoms with Crippen molar-refractivity contribution in [1.29, 1.82) is 0 Å². The highest BCUT2D eigenvalue weighted by molar-refractivity contribution is 5.82. The molecule has 0 aliphatic carbocycles. The molecule has 2 aliphatic heterocycles. The van der Waals surface area contributed by atoms with Gasteiger partial charge in [0.25, 0.3) is 0 Å². The summed E-state index contributed by atoms with van der Waals surface area (Å²) < 4.78 is 0. The molecule has 0 spiro atoms. The lowest BCUT2D eigenvalue weighted by Crippen LogP contribution is -2.48. The SMILES string of the molecule is CC1(C(=O)N2CCCN(CC(=O)O)CC2)CCNCC1. The fourth-order valence-corrected chi connectivity index (χ4v) is 3.10. The molecule has 114 valence electrons. The molecule has 0 unspecified atom stereocenters. The summed E-state index contributed by atoms with van der Waals surface area (Å²) in [5.41, 5.74) is -0.243. The highest BCUT2D eigenvalue weighted by Gasteiger charge is 2.37. The van der Waals surface area contributed by atoms with E-state index in [2.05, 4.69) is 12.2 Å². The molecule has 6 nitrogen and oxygen atoms in total. The van der Waals surface area contributed by atoms with E-state index < -0.39 is 5.97 Å². The number of piperidine rings is 1. The maximum atomic E-state index is 12.7. The quantitative estimate of drug-likeness (QED) is 0.762. The molecule has 0 aromatic heterocycles. The molecule has 2 fully saturated rings. The van der Waals surface area contributed by atoms with Gasteiger partial charge in [-0.2, -0.15) is 0 Å². The maximum absolute atomic E-state index is 12.7. The van der Waals surface area contributed by atoms with E-state index in [-0.39, 0.29) is 17.9 Å². The van der Waals surface area contributed by atoms with Crippen LogP contribution < -0.4 is 5.32 Å². The van der Waals surface area contributed by atoms with Gasteiger partial charge in [0.1, 0.15) is 0 Å². The van der Waals surface area contributed by atoms with Gasteiger partial charge in [0.15, 0.2) is 0 Å². The minimum Gasteiger partial charge on any atom is -0.480 e. The number of hydrogen-bond acceptors (Lipinski definition) is 4. The Morgan fingerprint density at radius 3 is 2.50 bits per heavy atom. The lowest BCUT2D eigenvalue weighted by molar-refractivity contribution is -0.142. The summed E-state index contributed by atoms with van der Waals surface area (Å²) in [4.78, 5) is 27.3. The lowest BCUT2D eigenvalue weighted by atomic mass is 9.79. The molecule has 2 N–H and O–H groups in total. The van der Waals surface area contributed by atoms with Crippen LogP contribution in [0.25, 0.3) is 0 Å². The van der Waals surface area contributed by atoms with Gasteiger partial charge in [0.05, 0.1) is 6.54 Å². The molecule has 2 heterocycles. The average molecular weight is 283 g/mol. The van der Waals surface area contributed by atoms with E-state index in [1.54, 1.807) is 0 Å². The smallest absolute Gasteiger partial charge is 0.317 e. The summed E-state index contributed by atoms with van der Waals surface area (Å²) in [6.45, 7) is 6.76. The van der Waals surface area contributed by atoms with Crippen LogP contribution in [-0.4, -0.2) is 72.6 Å². The fourth-order valence-electron chi connectivity index (χ4n) is 3.10. The second-order valence-corrected chi connectivity index (χ2v) is 6.13. The van der Waals surface area contributed by atoms with Gasteiger partial charge in [0, 0.05) is 31.6 Å². The van der Waals surface area contributed by atoms with E-state index in [1.165, 1.54) is 0 Å². The second-order valence-electron chi connectivity index (χ2n) is 6.13. The first-order valence-electron chi connectivity index (χ1n) is 7.45. The third-order valence-corrected chi connectivity index (χ3v) is 4.46. The average Bonchev–Trinajstić information content (AvgIpc) is 2.63. The third kappa shape index (κ3) is 3.70. The van der Waals surface area contributed by atoms with Crippen LogP contribution in [0.2, 0.25) is 0 Å². The number of hydrogen-bond donors (Lipinski definition) is 2. The molecule has 0 atom stereocenters. The molecule has 2 saturated heterocycles. The Morgan fingerprint density at radius 2 is 1.85 bits per heavy atom. The van der Waals surface area contributed by atoms with Crippen molar-refractivity contribution in [2.75, 3.05) is 45.8 Å². The highest BCUT2D eigenvalue weighted by atomic mass is 16.4. The topological polar surface area (TPSA) is 72.9 Å². The van der Waals surface area contributed by atoms with Crippen LogP contribution in [0.5, 0.6) is 0 Å². The molecule has 20 heavy (non-hydrogen) atoms. The van der Waals surface area contributed by atoms with Crippen molar-refractivity contribution < 1.29 is 14.7 Å². The van der Waals surface area contributed by atoms with Crippen LogP contribution >= 0.6 is 0 Å². The largest absolute Gasteiger partial charge is 0.480 e. The van der Waals surface area contributed by atoms with Gasteiger partial charge in [0.2, 0.25) is 5.91 Å². The Bertz CT molecular complexity index is 367. The number of nitrogens with one attached hydrogen (secondary N) is 1. The van der Waals surface area contributed by atoms with Crippen molar-refractivity contribution in [2.24, 2.45) is 5.41 Å². The standard InChI is InChI=1S/C14H25N3O3/c1-14(3-5-15-6-4-14)13(20)17-8-2-7-16(9-10-17)11-12(18)19/h15H,2-11H2,1H3,(H,18,19). The molecule has 6 heteroatoms. The predicted molar refractivity (Wildman–Crippen MR) is 75.5 cm³/mol. The van der Waals surface area contributed by atoms with E-state index in [0.717, 1.165) is 45.4 Å². The zero-order chi connectivity index (χ0) is 14.6. The van der Waals surface area contributed by atoms with Crippen LogP contribution in [0.1, 0.15) is 26.2 Å². The summed E-state index contributed by atoms with van der Waals surface area (Å²) in [6.07, 6.45) is 2.63. The van der Waals surface area contributed by atoms with Gasteiger partial charge in [-0.25, -0.2) is 0 Å². The van der Waals surface area contributed by atoms with Crippen molar-refractivity contribution in [1.82, 2.24) is 15.1 Å². The van der Waals surface area contributed by atoms with Crippen LogP contribution in [0.4, 0.5) is 0 Å². The summed E-state index contributed by atoms with van der Waals surface area (Å²) in [7, 11) is 0. The summed E-state index contributed by atoms with van der Waals surface area (Å²) in [5.74, 6) is -0.550. The van der Waals surface area contributed by atoms with Crippen molar-refractivity contribution in [2.45, 2.75) is 26.2 Å². The van der Waals surface area contributed by atoms with Gasteiger partial charge in [-0.05, 0) is 32.4 Å². The fraction of sp³-hybridized carbons (Fsp3) is 0.857. The summed E-state index contributed by atoms with van der Waals surface area (Å²) >= 11 is 0. The molecular formula is C14H25N3O3. The lowest BCUT2D eigenvalue weighted by Gasteiger charge is -2.37. The molecule has 0 radical (unpaired) electrons. The molecule has 2 aliphatic rings. The molecule has 0 aromatic carbocycles. The molecule has 0 saturated carbocycles. The number of rotatable bonds is 3. The van der Waals surface area contributed by atoms with Gasteiger partial charge in [-0.1, -0.05) is 6.92 Å². The first kappa shape index (κ1) is 15.3. The maximum Gasteiger partial charge on any atom is 0.317 e. The Balaban J connectivity index is 1.92. The van der Waals surface area contributed by atoms with Crippen molar-refractivity contribution >= 4 is 11.9 Å². The van der Waals surface area contributed by atoms with Crippen molar-refractivity contribution in [3.63, 3.8) is 0 Å². The number of carbonyl (C=O) groups excluding carboxylic acids is 1. The van der Waals surface area contributed by atoms with Crippen LogP contribution in [0, 0.1) is 5.41 Å². The van der Waals surface area contributed by atoms with Crippen molar-refractivity contribution in [3.8, 4) is 0 Å². The Hall–Kier alpha value is -1.14. The normalized spacial score (nSPS) is 24.1. The van der Waals surface area contributed by atoms with Gasteiger partial charge in [-0.15, -0.1) is 0 Å². The molecule has 2 rings (SSSR count). The van der Waals surface area contributed by atoms with Crippen LogP contribution in [0.3, 0.4) is 0 Å². The number of amides is 1. The van der Waals surface area contributed by atoms with Gasteiger partial charge >= 0.3 is 5.97 Å². The Labute approximate surface area is 120 Å². The zero-order valence-corrected chi connectivity index (χ0v) is 12.2. The number of carboxylic acids is 1. The first-order valence-corrected chi connectivity index (χ1v) is 7.45. The van der Waals surface area contributed by atoms with E-state index >= 15 is 0 Å². The summed E-state index contributed by atoms with van der Waals surface area (Å²) in [6, 6.07) is 0. The monoisotopic (exact) mass is 283 g/mol. The van der Waals surface area contributed by atoms with E-state index in [1.807, 2.05) is 9.80 Å². The molecule has 1 amide bonds.